The second kappa shape index (κ2) is 10.9. The standard InChI is InChI=1S/C26H33N5O3/c1-16-10-17(2)12-20(11-16)25(32)29-26(27-9-8-24-18(3)30-31(5)19(24)4)28-21-13-22(33-6)15-23(14-21)34-7/h10-15H,8-9H2,1-7H3,(H2,27,28,29,32). The van der Waals surface area contributed by atoms with E-state index in [4.69, 9.17) is 9.47 Å². The summed E-state index contributed by atoms with van der Waals surface area (Å²) in [5.74, 6) is 1.37. The van der Waals surface area contributed by atoms with Crippen LogP contribution in [0.25, 0.3) is 0 Å². The van der Waals surface area contributed by atoms with Gasteiger partial charge in [0.1, 0.15) is 11.5 Å². The molecule has 8 nitrogen and oxygen atoms in total. The Balaban J connectivity index is 1.87. The summed E-state index contributed by atoms with van der Waals surface area (Å²) < 4.78 is 12.6. The van der Waals surface area contributed by atoms with Crippen LogP contribution in [0.2, 0.25) is 0 Å². The Morgan fingerprint density at radius 3 is 2.12 bits per heavy atom. The Morgan fingerprint density at radius 1 is 0.971 bits per heavy atom. The van der Waals surface area contributed by atoms with Gasteiger partial charge in [-0.2, -0.15) is 5.10 Å². The van der Waals surface area contributed by atoms with E-state index in [9.17, 15) is 4.79 Å². The van der Waals surface area contributed by atoms with Gasteiger partial charge in [0.2, 0.25) is 5.96 Å². The first-order valence-corrected chi connectivity index (χ1v) is 11.1. The van der Waals surface area contributed by atoms with Gasteiger partial charge in [0.25, 0.3) is 5.91 Å². The predicted octanol–water partition coefficient (Wildman–Crippen LogP) is 4.11. The van der Waals surface area contributed by atoms with Crippen molar-refractivity contribution in [2.45, 2.75) is 34.1 Å². The first-order valence-electron chi connectivity index (χ1n) is 11.1. The van der Waals surface area contributed by atoms with Crippen molar-refractivity contribution in [1.29, 1.82) is 0 Å². The van der Waals surface area contributed by atoms with Gasteiger partial charge in [0, 0.05) is 48.7 Å². The number of aromatic nitrogens is 2. The van der Waals surface area contributed by atoms with Gasteiger partial charge in [-0.05, 0) is 51.8 Å². The predicted molar refractivity (Wildman–Crippen MR) is 135 cm³/mol. The third-order valence-electron chi connectivity index (χ3n) is 5.62. The minimum absolute atomic E-state index is 0.235. The molecule has 2 aromatic carbocycles. The molecule has 3 rings (SSSR count). The summed E-state index contributed by atoms with van der Waals surface area (Å²) >= 11 is 0. The molecule has 0 atom stereocenters. The Kier molecular flexibility index (Phi) is 7.94. The molecular formula is C26H33N5O3. The van der Waals surface area contributed by atoms with Crippen LogP contribution >= 0.6 is 0 Å². The number of nitrogens with zero attached hydrogens (tertiary/aromatic N) is 3. The molecule has 0 aliphatic carbocycles. The van der Waals surface area contributed by atoms with Gasteiger partial charge in [-0.15, -0.1) is 0 Å². The number of aryl methyl sites for hydroxylation is 4. The number of hydrogen-bond donors (Lipinski definition) is 2. The first kappa shape index (κ1) is 24.8. The van der Waals surface area contributed by atoms with E-state index in [-0.39, 0.29) is 5.91 Å². The lowest BCUT2D eigenvalue weighted by Gasteiger charge is -2.14. The Labute approximate surface area is 201 Å². The first-order chi connectivity index (χ1) is 16.2. The van der Waals surface area contributed by atoms with Gasteiger partial charge < -0.3 is 14.8 Å². The summed E-state index contributed by atoms with van der Waals surface area (Å²) in [4.78, 5) is 17.7. The van der Waals surface area contributed by atoms with Crippen LogP contribution in [0.15, 0.2) is 41.4 Å². The summed E-state index contributed by atoms with van der Waals surface area (Å²) in [5, 5.41) is 10.6. The van der Waals surface area contributed by atoms with E-state index in [2.05, 4.69) is 20.7 Å². The van der Waals surface area contributed by atoms with Crippen LogP contribution in [0.5, 0.6) is 11.5 Å². The molecule has 0 spiro atoms. The van der Waals surface area contributed by atoms with Crippen LogP contribution < -0.4 is 20.1 Å². The molecule has 8 heteroatoms. The maximum absolute atomic E-state index is 13.0. The number of ether oxygens (including phenoxy) is 2. The van der Waals surface area contributed by atoms with E-state index < -0.39 is 0 Å². The molecule has 3 aromatic rings. The maximum atomic E-state index is 13.0. The van der Waals surface area contributed by atoms with Crippen molar-refractivity contribution in [2.24, 2.45) is 12.0 Å². The van der Waals surface area contributed by atoms with E-state index in [1.165, 1.54) is 0 Å². The second-order valence-electron chi connectivity index (χ2n) is 8.31. The highest BCUT2D eigenvalue weighted by molar-refractivity contribution is 6.10. The van der Waals surface area contributed by atoms with Gasteiger partial charge in [-0.25, -0.2) is 0 Å². The number of amides is 1. The molecule has 0 fully saturated rings. The van der Waals surface area contributed by atoms with Gasteiger partial charge in [-0.3, -0.25) is 19.8 Å². The van der Waals surface area contributed by atoms with Gasteiger partial charge in [-0.1, -0.05) is 17.2 Å². The Morgan fingerprint density at radius 2 is 1.59 bits per heavy atom. The molecule has 34 heavy (non-hydrogen) atoms. The van der Waals surface area contributed by atoms with Crippen molar-refractivity contribution < 1.29 is 14.3 Å². The highest BCUT2D eigenvalue weighted by Crippen LogP contribution is 2.25. The Bertz CT molecular complexity index is 1170. The lowest BCUT2D eigenvalue weighted by atomic mass is 10.1. The average Bonchev–Trinajstić information content (AvgIpc) is 3.03. The summed E-state index contributed by atoms with van der Waals surface area (Å²) in [6, 6.07) is 11.2. The largest absolute Gasteiger partial charge is 0.497 e. The number of methoxy groups -OCH3 is 2. The molecule has 1 aromatic heterocycles. The fourth-order valence-electron chi connectivity index (χ4n) is 3.87. The quantitative estimate of drug-likeness (QED) is 0.407. The monoisotopic (exact) mass is 463 g/mol. The van der Waals surface area contributed by atoms with Crippen LogP contribution in [0.4, 0.5) is 5.69 Å². The molecule has 0 saturated heterocycles. The van der Waals surface area contributed by atoms with Crippen molar-refractivity contribution in [2.75, 3.05) is 26.1 Å². The van der Waals surface area contributed by atoms with Crippen molar-refractivity contribution in [3.8, 4) is 11.5 Å². The van der Waals surface area contributed by atoms with Crippen LogP contribution in [0.1, 0.15) is 38.4 Å². The van der Waals surface area contributed by atoms with Crippen molar-refractivity contribution >= 4 is 17.6 Å². The zero-order valence-corrected chi connectivity index (χ0v) is 20.9. The SMILES string of the molecule is COc1cc(NC(=NCCc2c(C)nn(C)c2C)NC(=O)c2cc(C)cc(C)c2)cc(OC)c1. The molecule has 0 aliphatic rings. The fourth-order valence-corrected chi connectivity index (χ4v) is 3.87. The number of aliphatic imine (C=N–C) groups is 1. The van der Waals surface area contributed by atoms with E-state index in [1.54, 1.807) is 20.3 Å². The topological polar surface area (TPSA) is 89.8 Å². The highest BCUT2D eigenvalue weighted by Gasteiger charge is 2.13. The zero-order chi connectivity index (χ0) is 24.8. The summed E-state index contributed by atoms with van der Waals surface area (Å²) in [6.45, 7) is 8.46. The zero-order valence-electron chi connectivity index (χ0n) is 20.9. The Hall–Kier alpha value is -3.81. The summed E-state index contributed by atoms with van der Waals surface area (Å²) in [5.41, 5.74) is 6.57. The molecule has 0 radical (unpaired) electrons. The number of nitrogens with one attached hydrogen (secondary N) is 2. The number of guanidine groups is 1. The van der Waals surface area contributed by atoms with Gasteiger partial charge in [0.15, 0.2) is 0 Å². The minimum Gasteiger partial charge on any atom is -0.497 e. The third-order valence-corrected chi connectivity index (χ3v) is 5.62. The van der Waals surface area contributed by atoms with Crippen molar-refractivity contribution in [3.63, 3.8) is 0 Å². The smallest absolute Gasteiger partial charge is 0.257 e. The van der Waals surface area contributed by atoms with E-state index in [1.807, 2.05) is 69.8 Å². The lowest BCUT2D eigenvalue weighted by molar-refractivity contribution is 0.0976. The fraction of sp³-hybridized carbons (Fsp3) is 0.346. The van der Waals surface area contributed by atoms with E-state index in [0.29, 0.717) is 41.7 Å². The van der Waals surface area contributed by atoms with Gasteiger partial charge in [0.05, 0.1) is 19.9 Å². The summed E-state index contributed by atoms with van der Waals surface area (Å²) in [7, 11) is 5.12. The number of carbonyl (C=O) groups excluding carboxylic acids is 1. The molecule has 180 valence electrons. The van der Waals surface area contributed by atoms with Crippen LogP contribution in [0.3, 0.4) is 0 Å². The second-order valence-corrected chi connectivity index (χ2v) is 8.31. The van der Waals surface area contributed by atoms with Crippen molar-refractivity contribution in [3.05, 3.63) is 70.0 Å². The lowest BCUT2D eigenvalue weighted by Crippen LogP contribution is -2.36. The van der Waals surface area contributed by atoms with Crippen LogP contribution in [0, 0.1) is 27.7 Å². The molecule has 1 amide bonds. The minimum atomic E-state index is -0.235. The average molecular weight is 464 g/mol. The molecule has 1 heterocycles. The number of rotatable bonds is 7. The third kappa shape index (κ3) is 6.15. The number of carbonyl (C=O) groups is 1. The molecule has 0 aliphatic heterocycles. The number of anilines is 1. The van der Waals surface area contributed by atoms with Crippen LogP contribution in [-0.2, 0) is 13.5 Å². The molecule has 0 bridgehead atoms. The van der Waals surface area contributed by atoms with E-state index in [0.717, 1.165) is 28.1 Å². The molecule has 2 N–H and O–H groups in total. The molecular weight excluding hydrogens is 430 g/mol. The number of hydrogen-bond acceptors (Lipinski definition) is 5. The highest BCUT2D eigenvalue weighted by atomic mass is 16.5. The normalized spacial score (nSPS) is 11.3. The molecule has 0 unspecified atom stereocenters. The number of benzene rings is 2. The molecule has 0 saturated carbocycles. The maximum Gasteiger partial charge on any atom is 0.257 e. The van der Waals surface area contributed by atoms with Crippen molar-refractivity contribution in [1.82, 2.24) is 15.1 Å². The summed E-state index contributed by atoms with van der Waals surface area (Å²) in [6.07, 6.45) is 0.706. The van der Waals surface area contributed by atoms with E-state index >= 15 is 0 Å². The van der Waals surface area contributed by atoms with Crippen LogP contribution in [-0.4, -0.2) is 42.4 Å². The van der Waals surface area contributed by atoms with Gasteiger partial charge >= 0.3 is 0 Å².